The fourth-order valence-corrected chi connectivity index (χ4v) is 2.21. The first-order chi connectivity index (χ1) is 8.79. The molecule has 0 fully saturated rings. The van der Waals surface area contributed by atoms with Crippen LogP contribution < -0.4 is 5.32 Å². The van der Waals surface area contributed by atoms with E-state index in [-0.39, 0.29) is 0 Å². The van der Waals surface area contributed by atoms with Crippen LogP contribution in [0, 0.1) is 0 Å². The van der Waals surface area contributed by atoms with E-state index in [2.05, 4.69) is 21.4 Å². The number of para-hydroxylation sites is 1. The number of pyridine rings is 1. The molecule has 92 valence electrons. The molecule has 0 aliphatic carbocycles. The molecule has 4 nitrogen and oxygen atoms in total. The first kappa shape index (κ1) is 11.2. The van der Waals surface area contributed by atoms with Gasteiger partial charge in [-0.2, -0.15) is 0 Å². The molecule has 3 N–H and O–H groups in total. The highest BCUT2D eigenvalue weighted by Gasteiger charge is 2.10. The zero-order valence-electron chi connectivity index (χ0n) is 10.1. The number of aromatic nitrogens is 2. The Balaban J connectivity index is 2.18. The lowest BCUT2D eigenvalue weighted by Gasteiger charge is -2.10. The Morgan fingerprint density at radius 2 is 2.11 bits per heavy atom. The van der Waals surface area contributed by atoms with Crippen LogP contribution in [0.15, 0.2) is 36.5 Å². The standard InChI is InChI=1S/C14H15N3O/c1-2-15-14(18)12-7-10-9-5-3-4-6-11(9)17-13(10)8-16-12/h3-8,14-15,17-18H,2H2,1H3/t14-/m1/s1. The maximum Gasteiger partial charge on any atom is 0.148 e. The third-order valence-corrected chi connectivity index (χ3v) is 3.09. The summed E-state index contributed by atoms with van der Waals surface area (Å²) in [4.78, 5) is 7.59. The summed E-state index contributed by atoms with van der Waals surface area (Å²) < 4.78 is 0. The molecular weight excluding hydrogens is 226 g/mol. The largest absolute Gasteiger partial charge is 0.373 e. The fraction of sp³-hybridized carbons (Fsp3) is 0.214. The fourth-order valence-electron chi connectivity index (χ4n) is 2.21. The van der Waals surface area contributed by atoms with Crippen LogP contribution in [0.25, 0.3) is 21.8 Å². The van der Waals surface area contributed by atoms with Crippen LogP contribution in [0.1, 0.15) is 18.8 Å². The molecule has 0 amide bonds. The number of fused-ring (bicyclic) bond motifs is 3. The van der Waals surface area contributed by atoms with Gasteiger partial charge >= 0.3 is 0 Å². The second-order valence-corrected chi connectivity index (χ2v) is 4.29. The van der Waals surface area contributed by atoms with Crippen LogP contribution in [0.3, 0.4) is 0 Å². The van der Waals surface area contributed by atoms with Gasteiger partial charge in [0.1, 0.15) is 6.23 Å². The molecule has 0 aliphatic rings. The lowest BCUT2D eigenvalue weighted by atomic mass is 10.1. The summed E-state index contributed by atoms with van der Waals surface area (Å²) in [7, 11) is 0. The Kier molecular flexibility index (Phi) is 2.74. The van der Waals surface area contributed by atoms with Crippen LogP contribution in [0.5, 0.6) is 0 Å². The minimum absolute atomic E-state index is 0.647. The van der Waals surface area contributed by atoms with Crippen molar-refractivity contribution >= 4 is 21.8 Å². The molecule has 3 aromatic rings. The molecule has 1 atom stereocenters. The van der Waals surface area contributed by atoms with Gasteiger partial charge < -0.3 is 10.1 Å². The summed E-state index contributed by atoms with van der Waals surface area (Å²) in [6.07, 6.45) is 1.05. The van der Waals surface area contributed by atoms with Crippen LogP contribution in [0.4, 0.5) is 0 Å². The van der Waals surface area contributed by atoms with Crippen LogP contribution >= 0.6 is 0 Å². The SMILES string of the molecule is CCN[C@H](O)c1cc2c(cn1)[nH]c1ccccc12. The number of aliphatic hydroxyl groups excluding tert-OH is 1. The van der Waals surface area contributed by atoms with E-state index in [9.17, 15) is 5.11 Å². The maximum absolute atomic E-state index is 9.91. The molecule has 0 aliphatic heterocycles. The molecule has 2 aromatic heterocycles. The monoisotopic (exact) mass is 241 g/mol. The van der Waals surface area contributed by atoms with Gasteiger partial charge in [-0.05, 0) is 18.7 Å². The minimum atomic E-state index is -0.715. The number of nitrogens with one attached hydrogen (secondary N) is 2. The van der Waals surface area contributed by atoms with Crippen molar-refractivity contribution < 1.29 is 5.11 Å². The average molecular weight is 241 g/mol. The summed E-state index contributed by atoms with van der Waals surface area (Å²) in [5.41, 5.74) is 2.72. The van der Waals surface area contributed by atoms with Gasteiger partial charge in [0.25, 0.3) is 0 Å². The van der Waals surface area contributed by atoms with Crippen LogP contribution in [-0.2, 0) is 0 Å². The Morgan fingerprint density at radius 3 is 2.94 bits per heavy atom. The second kappa shape index (κ2) is 4.40. The van der Waals surface area contributed by atoms with Gasteiger partial charge in [0.15, 0.2) is 0 Å². The molecule has 3 rings (SSSR count). The smallest absolute Gasteiger partial charge is 0.148 e. The van der Waals surface area contributed by atoms with E-state index in [1.54, 1.807) is 6.20 Å². The molecule has 0 bridgehead atoms. The number of hydrogen-bond donors (Lipinski definition) is 3. The van der Waals surface area contributed by atoms with Crippen LogP contribution in [-0.4, -0.2) is 21.6 Å². The number of aliphatic hydroxyl groups is 1. The highest BCUT2D eigenvalue weighted by Crippen LogP contribution is 2.26. The predicted octanol–water partition coefficient (Wildman–Crippen LogP) is 2.32. The van der Waals surface area contributed by atoms with Gasteiger partial charge in [0.05, 0.1) is 17.4 Å². The highest BCUT2D eigenvalue weighted by molar-refractivity contribution is 6.06. The van der Waals surface area contributed by atoms with E-state index >= 15 is 0 Å². The quantitative estimate of drug-likeness (QED) is 0.617. The van der Waals surface area contributed by atoms with Crippen molar-refractivity contribution in [3.63, 3.8) is 0 Å². The first-order valence-corrected chi connectivity index (χ1v) is 6.07. The average Bonchev–Trinajstić information content (AvgIpc) is 2.76. The van der Waals surface area contributed by atoms with Gasteiger partial charge in [0, 0.05) is 16.3 Å². The van der Waals surface area contributed by atoms with Crippen molar-refractivity contribution in [3.05, 3.63) is 42.2 Å². The van der Waals surface area contributed by atoms with Crippen molar-refractivity contribution in [1.29, 1.82) is 0 Å². The zero-order chi connectivity index (χ0) is 12.5. The Bertz CT molecular complexity index is 690. The molecule has 0 unspecified atom stereocenters. The molecular formula is C14H15N3O. The van der Waals surface area contributed by atoms with Crippen molar-refractivity contribution in [1.82, 2.24) is 15.3 Å². The summed E-state index contributed by atoms with van der Waals surface area (Å²) in [6.45, 7) is 2.65. The number of aromatic amines is 1. The van der Waals surface area contributed by atoms with Crippen molar-refractivity contribution in [2.75, 3.05) is 6.54 Å². The number of H-pyrrole nitrogens is 1. The molecule has 0 spiro atoms. The van der Waals surface area contributed by atoms with Crippen LogP contribution in [0.2, 0.25) is 0 Å². The molecule has 0 saturated carbocycles. The van der Waals surface area contributed by atoms with Gasteiger partial charge in [-0.25, -0.2) is 0 Å². The number of hydrogen-bond acceptors (Lipinski definition) is 3. The summed E-state index contributed by atoms with van der Waals surface area (Å²) in [6, 6.07) is 10.0. The molecule has 18 heavy (non-hydrogen) atoms. The number of rotatable bonds is 3. The third-order valence-electron chi connectivity index (χ3n) is 3.09. The summed E-state index contributed by atoms with van der Waals surface area (Å²) in [5.74, 6) is 0. The highest BCUT2D eigenvalue weighted by atomic mass is 16.3. The Morgan fingerprint density at radius 1 is 1.28 bits per heavy atom. The van der Waals surface area contributed by atoms with E-state index in [1.807, 2.05) is 31.2 Å². The normalized spacial score (nSPS) is 13.2. The van der Waals surface area contributed by atoms with Gasteiger partial charge in [-0.1, -0.05) is 25.1 Å². The molecule has 0 radical (unpaired) electrons. The summed E-state index contributed by atoms with van der Waals surface area (Å²) in [5, 5.41) is 15.1. The van der Waals surface area contributed by atoms with E-state index in [0.29, 0.717) is 12.2 Å². The van der Waals surface area contributed by atoms with E-state index in [0.717, 1.165) is 21.8 Å². The molecule has 0 saturated heterocycles. The second-order valence-electron chi connectivity index (χ2n) is 4.29. The number of benzene rings is 1. The predicted molar refractivity (Wildman–Crippen MR) is 72.2 cm³/mol. The minimum Gasteiger partial charge on any atom is -0.373 e. The maximum atomic E-state index is 9.91. The van der Waals surface area contributed by atoms with Gasteiger partial charge in [0.2, 0.25) is 0 Å². The molecule has 4 heteroatoms. The van der Waals surface area contributed by atoms with Crippen molar-refractivity contribution in [2.24, 2.45) is 0 Å². The Hall–Kier alpha value is -1.91. The Labute approximate surface area is 105 Å². The van der Waals surface area contributed by atoms with Crippen molar-refractivity contribution in [2.45, 2.75) is 13.2 Å². The first-order valence-electron chi connectivity index (χ1n) is 6.07. The number of nitrogens with zero attached hydrogens (tertiary/aromatic N) is 1. The van der Waals surface area contributed by atoms with Gasteiger partial charge in [-0.15, -0.1) is 0 Å². The van der Waals surface area contributed by atoms with E-state index in [4.69, 9.17) is 0 Å². The van der Waals surface area contributed by atoms with E-state index < -0.39 is 6.23 Å². The molecule has 2 heterocycles. The van der Waals surface area contributed by atoms with Crippen molar-refractivity contribution in [3.8, 4) is 0 Å². The lowest BCUT2D eigenvalue weighted by Crippen LogP contribution is -2.20. The zero-order valence-corrected chi connectivity index (χ0v) is 10.1. The van der Waals surface area contributed by atoms with Gasteiger partial charge in [-0.3, -0.25) is 10.3 Å². The lowest BCUT2D eigenvalue weighted by molar-refractivity contribution is 0.137. The summed E-state index contributed by atoms with van der Waals surface area (Å²) >= 11 is 0. The topological polar surface area (TPSA) is 60.9 Å². The molecule has 1 aromatic carbocycles. The van der Waals surface area contributed by atoms with E-state index in [1.165, 1.54) is 0 Å². The third kappa shape index (κ3) is 1.75.